The highest BCUT2D eigenvalue weighted by Gasteiger charge is 2.39. The van der Waals surface area contributed by atoms with Crippen LogP contribution >= 0.6 is 0 Å². The van der Waals surface area contributed by atoms with E-state index in [9.17, 15) is 4.79 Å². The van der Waals surface area contributed by atoms with Crippen molar-refractivity contribution in [3.8, 4) is 0 Å². The summed E-state index contributed by atoms with van der Waals surface area (Å²) in [4.78, 5) is 14.1. The standard InChI is InChI=1S/C17H24N2O/c1-19(12-15-10-13-7-8-14(15)9-13)17(20)11-18-16-5-3-2-4-6-16/h2-6,13-15,18H,7-12H2,1H3. The van der Waals surface area contributed by atoms with Crippen molar-refractivity contribution in [2.24, 2.45) is 17.8 Å². The Morgan fingerprint density at radius 1 is 1.25 bits per heavy atom. The van der Waals surface area contributed by atoms with E-state index >= 15 is 0 Å². The summed E-state index contributed by atoms with van der Waals surface area (Å²) >= 11 is 0. The lowest BCUT2D eigenvalue weighted by Crippen LogP contribution is -2.37. The fourth-order valence-corrected chi connectivity index (χ4v) is 3.92. The molecule has 0 aromatic heterocycles. The summed E-state index contributed by atoms with van der Waals surface area (Å²) in [6, 6.07) is 9.91. The van der Waals surface area contributed by atoms with Crippen molar-refractivity contribution in [3.63, 3.8) is 0 Å². The molecule has 3 heteroatoms. The van der Waals surface area contributed by atoms with Gasteiger partial charge in [0.2, 0.25) is 5.91 Å². The first-order valence-corrected chi connectivity index (χ1v) is 7.75. The van der Waals surface area contributed by atoms with Gasteiger partial charge in [-0.3, -0.25) is 4.79 Å². The number of benzene rings is 1. The van der Waals surface area contributed by atoms with E-state index in [0.717, 1.165) is 30.0 Å². The summed E-state index contributed by atoms with van der Waals surface area (Å²) in [7, 11) is 1.95. The van der Waals surface area contributed by atoms with Crippen LogP contribution in [0.1, 0.15) is 25.7 Å². The van der Waals surface area contributed by atoms with E-state index in [0.29, 0.717) is 6.54 Å². The summed E-state index contributed by atoms with van der Waals surface area (Å²) in [6.45, 7) is 1.33. The molecule has 2 aliphatic rings. The quantitative estimate of drug-likeness (QED) is 0.893. The summed E-state index contributed by atoms with van der Waals surface area (Å²) in [5, 5.41) is 3.19. The lowest BCUT2D eigenvalue weighted by Gasteiger charge is -2.27. The van der Waals surface area contributed by atoms with E-state index in [1.54, 1.807) is 0 Å². The molecule has 3 atom stereocenters. The molecule has 0 heterocycles. The van der Waals surface area contributed by atoms with Gasteiger partial charge in [0.05, 0.1) is 6.54 Å². The molecule has 108 valence electrons. The van der Waals surface area contributed by atoms with Crippen molar-refractivity contribution in [1.29, 1.82) is 0 Å². The number of nitrogens with one attached hydrogen (secondary N) is 1. The lowest BCUT2D eigenvalue weighted by atomic mass is 9.88. The van der Waals surface area contributed by atoms with Gasteiger partial charge in [-0.2, -0.15) is 0 Å². The van der Waals surface area contributed by atoms with E-state index in [2.05, 4.69) is 5.32 Å². The normalized spacial score (nSPS) is 27.6. The smallest absolute Gasteiger partial charge is 0.241 e. The monoisotopic (exact) mass is 272 g/mol. The maximum atomic E-state index is 12.2. The molecular formula is C17H24N2O. The van der Waals surface area contributed by atoms with Gasteiger partial charge in [0.1, 0.15) is 0 Å². The largest absolute Gasteiger partial charge is 0.376 e. The van der Waals surface area contributed by atoms with E-state index in [4.69, 9.17) is 0 Å². The molecule has 0 aliphatic heterocycles. The van der Waals surface area contributed by atoms with Crippen molar-refractivity contribution in [2.75, 3.05) is 25.5 Å². The first-order valence-electron chi connectivity index (χ1n) is 7.75. The van der Waals surface area contributed by atoms with Crippen LogP contribution in [0.25, 0.3) is 0 Å². The van der Waals surface area contributed by atoms with Gasteiger partial charge in [-0.1, -0.05) is 24.6 Å². The average molecular weight is 272 g/mol. The highest BCUT2D eigenvalue weighted by atomic mass is 16.2. The molecule has 2 aliphatic carbocycles. The van der Waals surface area contributed by atoms with Crippen LogP contribution < -0.4 is 5.32 Å². The number of hydrogen-bond donors (Lipinski definition) is 1. The Hall–Kier alpha value is -1.51. The molecule has 1 amide bonds. The maximum Gasteiger partial charge on any atom is 0.241 e. The second-order valence-electron chi connectivity index (χ2n) is 6.43. The number of rotatable bonds is 5. The molecule has 2 saturated carbocycles. The molecule has 0 radical (unpaired) electrons. The number of amides is 1. The molecule has 0 saturated heterocycles. The van der Waals surface area contributed by atoms with E-state index in [-0.39, 0.29) is 5.91 Å². The van der Waals surface area contributed by atoms with Gasteiger partial charge >= 0.3 is 0 Å². The van der Waals surface area contributed by atoms with Crippen LogP contribution in [0.15, 0.2) is 30.3 Å². The Morgan fingerprint density at radius 3 is 2.70 bits per heavy atom. The minimum absolute atomic E-state index is 0.191. The molecule has 3 nitrogen and oxygen atoms in total. The van der Waals surface area contributed by atoms with Gasteiger partial charge in [0.15, 0.2) is 0 Å². The number of nitrogens with zero attached hydrogens (tertiary/aromatic N) is 1. The topological polar surface area (TPSA) is 32.3 Å². The van der Waals surface area contributed by atoms with Gasteiger partial charge in [-0.25, -0.2) is 0 Å². The first kappa shape index (κ1) is 13.5. The molecule has 1 aromatic carbocycles. The Kier molecular flexibility index (Phi) is 3.95. The third kappa shape index (κ3) is 2.97. The number of hydrogen-bond acceptors (Lipinski definition) is 2. The second-order valence-corrected chi connectivity index (χ2v) is 6.43. The lowest BCUT2D eigenvalue weighted by molar-refractivity contribution is -0.128. The second kappa shape index (κ2) is 5.86. The maximum absolute atomic E-state index is 12.2. The van der Waals surface area contributed by atoms with Crippen LogP contribution in [-0.2, 0) is 4.79 Å². The predicted molar refractivity (Wildman–Crippen MR) is 81.5 cm³/mol. The Labute approximate surface area is 121 Å². The van der Waals surface area contributed by atoms with E-state index in [1.165, 1.54) is 25.7 Å². The van der Waals surface area contributed by atoms with Crippen LogP contribution in [0.4, 0.5) is 5.69 Å². The highest BCUT2D eigenvalue weighted by molar-refractivity contribution is 5.80. The Balaban J connectivity index is 1.45. The van der Waals surface area contributed by atoms with E-state index in [1.807, 2.05) is 42.3 Å². The molecule has 20 heavy (non-hydrogen) atoms. The highest BCUT2D eigenvalue weighted by Crippen LogP contribution is 2.48. The molecular weight excluding hydrogens is 248 g/mol. The number of para-hydroxylation sites is 1. The van der Waals surface area contributed by atoms with Crippen molar-refractivity contribution >= 4 is 11.6 Å². The zero-order valence-corrected chi connectivity index (χ0v) is 12.2. The number of carbonyl (C=O) groups excluding carboxylic acids is 1. The van der Waals surface area contributed by atoms with Crippen LogP contribution in [-0.4, -0.2) is 30.9 Å². The van der Waals surface area contributed by atoms with Crippen LogP contribution in [0, 0.1) is 17.8 Å². The molecule has 1 N–H and O–H groups in total. The summed E-state index contributed by atoms with van der Waals surface area (Å²) in [5.74, 6) is 2.78. The summed E-state index contributed by atoms with van der Waals surface area (Å²) in [6.07, 6.45) is 5.57. The Bertz CT molecular complexity index is 459. The Morgan fingerprint density at radius 2 is 2.05 bits per heavy atom. The van der Waals surface area contributed by atoms with Gasteiger partial charge in [0, 0.05) is 19.3 Å². The van der Waals surface area contributed by atoms with Crippen LogP contribution in [0.2, 0.25) is 0 Å². The zero-order valence-electron chi connectivity index (χ0n) is 12.2. The number of carbonyl (C=O) groups is 1. The summed E-state index contributed by atoms with van der Waals surface area (Å²) < 4.78 is 0. The third-order valence-corrected chi connectivity index (χ3v) is 5.04. The third-order valence-electron chi connectivity index (χ3n) is 5.04. The minimum atomic E-state index is 0.191. The summed E-state index contributed by atoms with van der Waals surface area (Å²) in [5.41, 5.74) is 1.01. The predicted octanol–water partition coefficient (Wildman–Crippen LogP) is 2.99. The van der Waals surface area contributed by atoms with Crippen molar-refractivity contribution in [2.45, 2.75) is 25.7 Å². The van der Waals surface area contributed by atoms with Crippen LogP contribution in [0.3, 0.4) is 0 Å². The molecule has 2 bridgehead atoms. The average Bonchev–Trinajstić information content (AvgIpc) is 3.08. The van der Waals surface area contributed by atoms with Gasteiger partial charge in [-0.05, 0) is 49.1 Å². The number of likely N-dealkylation sites (N-methyl/N-ethyl adjacent to an activating group) is 1. The van der Waals surface area contributed by atoms with Gasteiger partial charge < -0.3 is 10.2 Å². The molecule has 3 unspecified atom stereocenters. The van der Waals surface area contributed by atoms with Gasteiger partial charge in [0.25, 0.3) is 0 Å². The molecule has 3 rings (SSSR count). The zero-order chi connectivity index (χ0) is 13.9. The molecule has 2 fully saturated rings. The van der Waals surface area contributed by atoms with Crippen molar-refractivity contribution in [1.82, 2.24) is 4.90 Å². The van der Waals surface area contributed by atoms with Crippen molar-refractivity contribution in [3.05, 3.63) is 30.3 Å². The SMILES string of the molecule is CN(CC1CC2CCC1C2)C(=O)CNc1ccccc1. The number of anilines is 1. The van der Waals surface area contributed by atoms with E-state index < -0.39 is 0 Å². The fourth-order valence-electron chi connectivity index (χ4n) is 3.92. The molecule has 0 spiro atoms. The first-order chi connectivity index (χ1) is 9.72. The van der Waals surface area contributed by atoms with Gasteiger partial charge in [-0.15, -0.1) is 0 Å². The molecule has 1 aromatic rings. The van der Waals surface area contributed by atoms with Crippen molar-refractivity contribution < 1.29 is 4.79 Å². The number of fused-ring (bicyclic) bond motifs is 2. The van der Waals surface area contributed by atoms with Crippen LogP contribution in [0.5, 0.6) is 0 Å². The minimum Gasteiger partial charge on any atom is -0.376 e. The fraction of sp³-hybridized carbons (Fsp3) is 0.588.